The summed E-state index contributed by atoms with van der Waals surface area (Å²) in [5.41, 5.74) is 7.63. The van der Waals surface area contributed by atoms with Crippen molar-refractivity contribution in [3.8, 4) is 0 Å². The van der Waals surface area contributed by atoms with Gasteiger partial charge in [-0.2, -0.15) is 16.9 Å². The van der Waals surface area contributed by atoms with Gasteiger partial charge in [-0.05, 0) is 43.6 Å². The van der Waals surface area contributed by atoms with Crippen LogP contribution in [0, 0.1) is 0 Å². The summed E-state index contributed by atoms with van der Waals surface area (Å²) in [4.78, 5) is 12.0. The number of nitrogens with two attached hydrogens (primary N) is 1. The fourth-order valence-corrected chi connectivity index (χ4v) is 2.50. The van der Waals surface area contributed by atoms with Crippen molar-refractivity contribution in [2.45, 2.75) is 25.9 Å². The highest BCUT2D eigenvalue weighted by molar-refractivity contribution is 7.98. The van der Waals surface area contributed by atoms with Crippen molar-refractivity contribution in [1.82, 2.24) is 9.78 Å². The van der Waals surface area contributed by atoms with Gasteiger partial charge in [0.1, 0.15) is 0 Å². The molecule has 1 aromatic carbocycles. The Balaban J connectivity index is 0.00000220. The SMILES string of the molecule is CCn1ncc2ccc(NC(=O)[C@@H](N)CCSC)cc21.Cl. The van der Waals surface area contributed by atoms with Crippen molar-refractivity contribution < 1.29 is 4.79 Å². The highest BCUT2D eigenvalue weighted by atomic mass is 35.5. The van der Waals surface area contributed by atoms with Crippen molar-refractivity contribution >= 4 is 46.7 Å². The Morgan fingerprint density at radius 3 is 2.95 bits per heavy atom. The molecule has 1 aromatic heterocycles. The molecular formula is C14H21ClN4OS. The summed E-state index contributed by atoms with van der Waals surface area (Å²) >= 11 is 1.69. The smallest absolute Gasteiger partial charge is 0.241 e. The molecule has 21 heavy (non-hydrogen) atoms. The quantitative estimate of drug-likeness (QED) is 0.854. The molecule has 0 aliphatic carbocycles. The standard InChI is InChI=1S/C14H20N4OS.ClH/c1-3-18-13-8-11(5-4-10(13)9-16-18)17-14(19)12(15)6-7-20-2;/h4-5,8-9,12H,3,6-7,15H2,1-2H3,(H,17,19);1H/t12-;/m0./s1. The molecule has 0 radical (unpaired) electrons. The number of nitrogens with zero attached hydrogens (tertiary/aromatic N) is 2. The number of halogens is 1. The Bertz CT molecular complexity index is 602. The van der Waals surface area contributed by atoms with Gasteiger partial charge in [-0.3, -0.25) is 9.48 Å². The number of hydrogen-bond acceptors (Lipinski definition) is 4. The van der Waals surface area contributed by atoms with E-state index in [1.807, 2.05) is 42.3 Å². The normalized spacial score (nSPS) is 12.0. The van der Waals surface area contributed by atoms with Gasteiger partial charge >= 0.3 is 0 Å². The number of hydrogen-bond donors (Lipinski definition) is 2. The van der Waals surface area contributed by atoms with Crippen LogP contribution in [-0.2, 0) is 11.3 Å². The number of carbonyl (C=O) groups excluding carboxylic acids is 1. The summed E-state index contributed by atoms with van der Waals surface area (Å²) < 4.78 is 1.90. The van der Waals surface area contributed by atoms with Gasteiger partial charge in [-0.15, -0.1) is 12.4 Å². The van der Waals surface area contributed by atoms with Crippen LogP contribution in [0.4, 0.5) is 5.69 Å². The zero-order valence-electron chi connectivity index (χ0n) is 12.2. The second kappa shape index (κ2) is 8.26. The van der Waals surface area contributed by atoms with E-state index in [4.69, 9.17) is 5.73 Å². The van der Waals surface area contributed by atoms with E-state index in [1.165, 1.54) is 0 Å². The molecule has 7 heteroatoms. The van der Waals surface area contributed by atoms with Crippen LogP contribution in [0.25, 0.3) is 10.9 Å². The van der Waals surface area contributed by atoms with Crippen LogP contribution in [0.1, 0.15) is 13.3 Å². The van der Waals surface area contributed by atoms with E-state index in [1.54, 1.807) is 11.8 Å². The molecule has 5 nitrogen and oxygen atoms in total. The molecular weight excluding hydrogens is 308 g/mol. The third-order valence-corrected chi connectivity index (χ3v) is 3.83. The lowest BCUT2D eigenvalue weighted by Crippen LogP contribution is -2.36. The number of thioether (sulfide) groups is 1. The average Bonchev–Trinajstić information content (AvgIpc) is 2.86. The first-order valence-corrected chi connectivity index (χ1v) is 8.06. The van der Waals surface area contributed by atoms with Gasteiger partial charge in [-0.25, -0.2) is 0 Å². The molecule has 0 saturated heterocycles. The molecule has 0 aliphatic rings. The first kappa shape index (κ1) is 17.8. The molecule has 0 spiro atoms. The summed E-state index contributed by atoms with van der Waals surface area (Å²) in [6.45, 7) is 2.84. The second-order valence-electron chi connectivity index (χ2n) is 4.61. The van der Waals surface area contributed by atoms with Crippen LogP contribution in [0.15, 0.2) is 24.4 Å². The van der Waals surface area contributed by atoms with Crippen LogP contribution >= 0.6 is 24.2 Å². The number of nitrogens with one attached hydrogen (secondary N) is 1. The molecule has 2 rings (SSSR count). The maximum Gasteiger partial charge on any atom is 0.241 e. The maximum absolute atomic E-state index is 12.0. The summed E-state index contributed by atoms with van der Waals surface area (Å²) in [5.74, 6) is 0.747. The first-order valence-electron chi connectivity index (χ1n) is 6.66. The summed E-state index contributed by atoms with van der Waals surface area (Å²) in [6, 6.07) is 5.31. The Morgan fingerprint density at radius 1 is 1.52 bits per heavy atom. The zero-order chi connectivity index (χ0) is 14.5. The van der Waals surface area contributed by atoms with Gasteiger partial charge in [0.25, 0.3) is 0 Å². The van der Waals surface area contributed by atoms with Crippen molar-refractivity contribution in [2.24, 2.45) is 5.73 Å². The van der Waals surface area contributed by atoms with Gasteiger partial charge in [0.2, 0.25) is 5.91 Å². The number of carbonyl (C=O) groups is 1. The van der Waals surface area contributed by atoms with Gasteiger partial charge in [0.15, 0.2) is 0 Å². The van der Waals surface area contributed by atoms with Crippen molar-refractivity contribution in [3.05, 3.63) is 24.4 Å². The van der Waals surface area contributed by atoms with Gasteiger partial charge in [-0.1, -0.05) is 0 Å². The minimum absolute atomic E-state index is 0. The molecule has 116 valence electrons. The van der Waals surface area contributed by atoms with Crippen molar-refractivity contribution in [1.29, 1.82) is 0 Å². The van der Waals surface area contributed by atoms with Crippen LogP contribution in [-0.4, -0.2) is 33.7 Å². The van der Waals surface area contributed by atoms with Gasteiger partial charge in [0, 0.05) is 17.6 Å². The van der Waals surface area contributed by atoms with E-state index in [0.717, 1.165) is 28.9 Å². The van der Waals surface area contributed by atoms with E-state index < -0.39 is 6.04 Å². The summed E-state index contributed by atoms with van der Waals surface area (Å²) in [7, 11) is 0. The van der Waals surface area contributed by atoms with E-state index >= 15 is 0 Å². The third kappa shape index (κ3) is 4.36. The summed E-state index contributed by atoms with van der Waals surface area (Å²) in [5, 5.41) is 8.22. The fourth-order valence-electron chi connectivity index (χ4n) is 2.01. The average molecular weight is 329 g/mol. The fraction of sp³-hybridized carbons (Fsp3) is 0.429. The van der Waals surface area contributed by atoms with Crippen molar-refractivity contribution in [2.75, 3.05) is 17.3 Å². The number of aryl methyl sites for hydroxylation is 1. The lowest BCUT2D eigenvalue weighted by Gasteiger charge is -2.12. The van der Waals surface area contributed by atoms with E-state index in [-0.39, 0.29) is 18.3 Å². The molecule has 0 fully saturated rings. The number of fused-ring (bicyclic) bond motifs is 1. The van der Waals surface area contributed by atoms with E-state index in [2.05, 4.69) is 10.4 Å². The lowest BCUT2D eigenvalue weighted by atomic mass is 10.2. The van der Waals surface area contributed by atoms with Crippen molar-refractivity contribution in [3.63, 3.8) is 0 Å². The Morgan fingerprint density at radius 2 is 2.29 bits per heavy atom. The first-order chi connectivity index (χ1) is 9.65. The predicted octanol–water partition coefficient (Wildman–Crippen LogP) is 2.50. The molecule has 0 saturated carbocycles. The van der Waals surface area contributed by atoms with Gasteiger partial charge in [0.05, 0.1) is 17.8 Å². The highest BCUT2D eigenvalue weighted by Crippen LogP contribution is 2.19. The number of aromatic nitrogens is 2. The number of anilines is 1. The van der Waals surface area contributed by atoms with Crippen LogP contribution in [0.2, 0.25) is 0 Å². The monoisotopic (exact) mass is 328 g/mol. The Labute approximate surface area is 135 Å². The zero-order valence-corrected chi connectivity index (χ0v) is 13.8. The number of amides is 1. The molecule has 0 aliphatic heterocycles. The largest absolute Gasteiger partial charge is 0.325 e. The van der Waals surface area contributed by atoms with Crippen LogP contribution in [0.3, 0.4) is 0 Å². The number of benzene rings is 1. The molecule has 1 heterocycles. The minimum Gasteiger partial charge on any atom is -0.325 e. The van der Waals surface area contributed by atoms with E-state index in [0.29, 0.717) is 6.42 Å². The molecule has 3 N–H and O–H groups in total. The highest BCUT2D eigenvalue weighted by Gasteiger charge is 2.13. The summed E-state index contributed by atoms with van der Waals surface area (Å²) in [6.07, 6.45) is 4.52. The molecule has 2 aromatic rings. The number of rotatable bonds is 6. The third-order valence-electron chi connectivity index (χ3n) is 3.18. The second-order valence-corrected chi connectivity index (χ2v) is 5.60. The molecule has 0 unspecified atom stereocenters. The molecule has 1 amide bonds. The van der Waals surface area contributed by atoms with Gasteiger partial charge < -0.3 is 11.1 Å². The minimum atomic E-state index is -0.464. The topological polar surface area (TPSA) is 72.9 Å². The van der Waals surface area contributed by atoms with E-state index in [9.17, 15) is 4.79 Å². The lowest BCUT2D eigenvalue weighted by molar-refractivity contribution is -0.117. The Kier molecular flexibility index (Phi) is 7.01. The molecule has 0 bridgehead atoms. The Hall–Kier alpha value is -1.24. The molecule has 1 atom stereocenters. The van der Waals surface area contributed by atoms with Crippen LogP contribution in [0.5, 0.6) is 0 Å². The maximum atomic E-state index is 12.0. The predicted molar refractivity (Wildman–Crippen MR) is 92.3 cm³/mol. The van der Waals surface area contributed by atoms with Crippen LogP contribution < -0.4 is 11.1 Å².